The molecule has 0 aliphatic rings. The van der Waals surface area contributed by atoms with Crippen molar-refractivity contribution >= 4 is 27.3 Å². The summed E-state index contributed by atoms with van der Waals surface area (Å²) in [5, 5.41) is 3.96. The second kappa shape index (κ2) is 4.79. The zero-order valence-electron chi connectivity index (χ0n) is 9.77. The molecule has 0 radical (unpaired) electrons. The third-order valence-corrected chi connectivity index (χ3v) is 2.97. The summed E-state index contributed by atoms with van der Waals surface area (Å²) in [4.78, 5) is 2.04. The van der Waals surface area contributed by atoms with E-state index in [0.717, 1.165) is 27.3 Å². The van der Waals surface area contributed by atoms with E-state index in [-0.39, 0.29) is 0 Å². The Morgan fingerprint density at radius 1 is 1.41 bits per heavy atom. The normalized spacial score (nSPS) is 10.5. The molecular formula is C12H14BrN3O. The van der Waals surface area contributed by atoms with Gasteiger partial charge in [0.15, 0.2) is 0 Å². The Balaban J connectivity index is 2.17. The maximum Gasteiger partial charge on any atom is 0.133 e. The average molecular weight is 296 g/mol. The number of aryl methyl sites for hydroxylation is 1. The van der Waals surface area contributed by atoms with Crippen LogP contribution in [-0.4, -0.2) is 12.2 Å². The number of halogens is 1. The Kier molecular flexibility index (Phi) is 3.38. The van der Waals surface area contributed by atoms with Crippen LogP contribution in [0, 0.1) is 6.92 Å². The lowest BCUT2D eigenvalue weighted by molar-refractivity contribution is 0.390. The highest BCUT2D eigenvalue weighted by molar-refractivity contribution is 9.10. The van der Waals surface area contributed by atoms with Gasteiger partial charge in [-0.05, 0) is 25.1 Å². The summed E-state index contributed by atoms with van der Waals surface area (Å²) < 4.78 is 6.01. The molecule has 0 fully saturated rings. The molecule has 17 heavy (non-hydrogen) atoms. The number of hydrogen-bond acceptors (Lipinski definition) is 4. The number of rotatable bonds is 3. The van der Waals surface area contributed by atoms with Crippen molar-refractivity contribution in [3.8, 4) is 0 Å². The van der Waals surface area contributed by atoms with Gasteiger partial charge in [-0.25, -0.2) is 0 Å². The van der Waals surface area contributed by atoms with Gasteiger partial charge in [-0.2, -0.15) is 0 Å². The first-order valence-electron chi connectivity index (χ1n) is 5.24. The smallest absolute Gasteiger partial charge is 0.133 e. The zero-order valence-corrected chi connectivity index (χ0v) is 11.4. The van der Waals surface area contributed by atoms with Crippen molar-refractivity contribution in [2.75, 3.05) is 17.7 Å². The molecule has 0 saturated carbocycles. The summed E-state index contributed by atoms with van der Waals surface area (Å²) in [6, 6.07) is 7.76. The van der Waals surface area contributed by atoms with E-state index in [1.807, 2.05) is 43.1 Å². The summed E-state index contributed by atoms with van der Waals surface area (Å²) >= 11 is 3.39. The fourth-order valence-corrected chi connectivity index (χ4v) is 2.07. The predicted molar refractivity (Wildman–Crippen MR) is 71.9 cm³/mol. The largest absolute Gasteiger partial charge is 0.397 e. The first-order chi connectivity index (χ1) is 8.06. The van der Waals surface area contributed by atoms with Gasteiger partial charge in [0.05, 0.1) is 17.9 Å². The molecule has 0 aliphatic heterocycles. The number of nitrogen functional groups attached to an aromatic ring is 1. The number of aromatic nitrogens is 1. The zero-order chi connectivity index (χ0) is 12.4. The molecule has 0 amide bonds. The predicted octanol–water partition coefficient (Wildman–Crippen LogP) is 2.96. The van der Waals surface area contributed by atoms with Crippen molar-refractivity contribution < 1.29 is 4.52 Å². The summed E-state index contributed by atoms with van der Waals surface area (Å²) in [6.07, 6.45) is 0. The third-order valence-electron chi connectivity index (χ3n) is 2.48. The van der Waals surface area contributed by atoms with Crippen LogP contribution in [-0.2, 0) is 6.54 Å². The van der Waals surface area contributed by atoms with Crippen molar-refractivity contribution in [1.82, 2.24) is 5.16 Å². The molecule has 0 bridgehead atoms. The van der Waals surface area contributed by atoms with Crippen LogP contribution >= 0.6 is 15.9 Å². The van der Waals surface area contributed by atoms with Crippen LogP contribution in [0.2, 0.25) is 0 Å². The summed E-state index contributed by atoms with van der Waals surface area (Å²) in [5.74, 6) is 0.817. The second-order valence-electron chi connectivity index (χ2n) is 3.99. The van der Waals surface area contributed by atoms with E-state index < -0.39 is 0 Å². The maximum atomic E-state index is 5.97. The molecule has 0 aliphatic carbocycles. The Morgan fingerprint density at radius 2 is 2.18 bits per heavy atom. The van der Waals surface area contributed by atoms with Crippen molar-refractivity contribution in [2.24, 2.45) is 0 Å². The first-order valence-corrected chi connectivity index (χ1v) is 6.04. The lowest BCUT2D eigenvalue weighted by atomic mass is 10.2. The van der Waals surface area contributed by atoms with E-state index in [0.29, 0.717) is 6.54 Å². The first kappa shape index (κ1) is 12.0. The fraction of sp³-hybridized carbons (Fsp3) is 0.250. The molecule has 1 heterocycles. The van der Waals surface area contributed by atoms with Gasteiger partial charge in [-0.15, -0.1) is 0 Å². The standard InChI is InChI=1S/C12H14BrN3O/c1-8-5-10(15-17-8)7-16(2)12-4-3-9(13)6-11(12)14/h3-6H,7,14H2,1-2H3. The molecule has 90 valence electrons. The quantitative estimate of drug-likeness (QED) is 0.885. The van der Waals surface area contributed by atoms with Crippen LogP contribution in [0.5, 0.6) is 0 Å². The molecule has 1 aromatic carbocycles. The number of nitrogens with two attached hydrogens (primary N) is 1. The van der Waals surface area contributed by atoms with Gasteiger partial charge in [0.1, 0.15) is 11.5 Å². The Hall–Kier alpha value is -1.49. The molecule has 1 aromatic heterocycles. The van der Waals surface area contributed by atoms with Crippen LogP contribution in [0.15, 0.2) is 33.3 Å². The number of hydrogen-bond donors (Lipinski definition) is 1. The van der Waals surface area contributed by atoms with Crippen LogP contribution in [0.4, 0.5) is 11.4 Å². The highest BCUT2D eigenvalue weighted by Gasteiger charge is 2.08. The summed E-state index contributed by atoms with van der Waals surface area (Å²) in [7, 11) is 1.98. The van der Waals surface area contributed by atoms with E-state index in [1.165, 1.54) is 0 Å². The van der Waals surface area contributed by atoms with Crippen LogP contribution < -0.4 is 10.6 Å². The minimum absolute atomic E-state index is 0.670. The molecule has 0 atom stereocenters. The number of anilines is 2. The van der Waals surface area contributed by atoms with Gasteiger partial charge in [-0.1, -0.05) is 21.1 Å². The van der Waals surface area contributed by atoms with Gasteiger partial charge in [0.25, 0.3) is 0 Å². The third kappa shape index (κ3) is 2.79. The fourth-order valence-electron chi connectivity index (χ4n) is 1.69. The van der Waals surface area contributed by atoms with E-state index in [9.17, 15) is 0 Å². The van der Waals surface area contributed by atoms with Gasteiger partial charge in [0.2, 0.25) is 0 Å². The van der Waals surface area contributed by atoms with E-state index in [4.69, 9.17) is 10.3 Å². The summed E-state index contributed by atoms with van der Waals surface area (Å²) in [6.45, 7) is 2.55. The SMILES string of the molecule is Cc1cc(CN(C)c2ccc(Br)cc2N)no1. The molecule has 2 N–H and O–H groups in total. The van der Waals surface area contributed by atoms with E-state index in [1.54, 1.807) is 0 Å². The molecule has 2 rings (SSSR count). The van der Waals surface area contributed by atoms with Crippen molar-refractivity contribution in [2.45, 2.75) is 13.5 Å². The molecular weight excluding hydrogens is 282 g/mol. The monoisotopic (exact) mass is 295 g/mol. The van der Waals surface area contributed by atoms with Crippen molar-refractivity contribution in [1.29, 1.82) is 0 Å². The van der Waals surface area contributed by atoms with E-state index in [2.05, 4.69) is 21.1 Å². The van der Waals surface area contributed by atoms with Crippen LogP contribution in [0.25, 0.3) is 0 Å². The van der Waals surface area contributed by atoms with Gasteiger partial charge < -0.3 is 15.2 Å². The van der Waals surface area contributed by atoms with Crippen molar-refractivity contribution in [3.05, 3.63) is 40.2 Å². The molecule has 5 heteroatoms. The Labute approximate surface area is 109 Å². The second-order valence-corrected chi connectivity index (χ2v) is 4.90. The minimum atomic E-state index is 0.670. The molecule has 2 aromatic rings. The highest BCUT2D eigenvalue weighted by Crippen LogP contribution is 2.26. The molecule has 0 spiro atoms. The lowest BCUT2D eigenvalue weighted by Crippen LogP contribution is -2.17. The lowest BCUT2D eigenvalue weighted by Gasteiger charge is -2.19. The average Bonchev–Trinajstić information content (AvgIpc) is 2.63. The number of benzene rings is 1. The maximum absolute atomic E-state index is 5.97. The van der Waals surface area contributed by atoms with Crippen LogP contribution in [0.1, 0.15) is 11.5 Å². The molecule has 0 unspecified atom stereocenters. The number of nitrogens with zero attached hydrogens (tertiary/aromatic N) is 2. The Morgan fingerprint density at radius 3 is 2.76 bits per heavy atom. The highest BCUT2D eigenvalue weighted by atomic mass is 79.9. The summed E-state index contributed by atoms with van der Waals surface area (Å²) in [5.41, 5.74) is 8.58. The Bertz CT molecular complexity index is 524. The van der Waals surface area contributed by atoms with Gasteiger partial charge in [0, 0.05) is 17.6 Å². The minimum Gasteiger partial charge on any atom is -0.397 e. The molecule has 0 saturated heterocycles. The molecule has 4 nitrogen and oxygen atoms in total. The van der Waals surface area contributed by atoms with Gasteiger partial charge >= 0.3 is 0 Å². The van der Waals surface area contributed by atoms with Gasteiger partial charge in [-0.3, -0.25) is 0 Å². The van der Waals surface area contributed by atoms with Crippen LogP contribution in [0.3, 0.4) is 0 Å². The van der Waals surface area contributed by atoms with E-state index >= 15 is 0 Å². The van der Waals surface area contributed by atoms with Crippen molar-refractivity contribution in [3.63, 3.8) is 0 Å². The topological polar surface area (TPSA) is 55.3 Å².